The molecule has 0 bridgehead atoms. The number of hydrogen-bond donors (Lipinski definition) is 2. The Hall–Kier alpha value is -1.08. The zero-order valence-corrected chi connectivity index (χ0v) is 9.31. The fraction of sp³-hybridized carbons (Fsp3) is 0.818. The molecule has 1 amide bonds. The van der Waals surface area contributed by atoms with Crippen LogP contribution in [0.1, 0.15) is 32.6 Å². The standard InChI is InChI=1S/C11H19N3O/c1-11(5-8-13-9-11)10(15)14-7-4-2-3-6-12/h13H,2-5,7-9H2,1H3,(H,14,15). The number of carbonyl (C=O) groups is 1. The van der Waals surface area contributed by atoms with Crippen molar-refractivity contribution in [3.05, 3.63) is 0 Å². The topological polar surface area (TPSA) is 64.9 Å². The summed E-state index contributed by atoms with van der Waals surface area (Å²) in [5.74, 6) is 0.143. The van der Waals surface area contributed by atoms with Crippen molar-refractivity contribution in [2.24, 2.45) is 5.41 Å². The van der Waals surface area contributed by atoms with Gasteiger partial charge in [0, 0.05) is 19.5 Å². The summed E-state index contributed by atoms with van der Waals surface area (Å²) < 4.78 is 0. The molecule has 4 nitrogen and oxygen atoms in total. The molecule has 1 atom stereocenters. The van der Waals surface area contributed by atoms with Crippen LogP contribution in [0.3, 0.4) is 0 Å². The van der Waals surface area contributed by atoms with E-state index in [1.807, 2.05) is 6.92 Å². The fourth-order valence-electron chi connectivity index (χ4n) is 1.76. The van der Waals surface area contributed by atoms with Gasteiger partial charge in [-0.2, -0.15) is 5.26 Å². The number of rotatable bonds is 5. The lowest BCUT2D eigenvalue weighted by atomic mass is 9.89. The number of unbranched alkanes of at least 4 members (excludes halogenated alkanes) is 2. The average molecular weight is 209 g/mol. The summed E-state index contributed by atoms with van der Waals surface area (Å²) in [5, 5.41) is 14.5. The molecule has 0 aromatic rings. The molecule has 0 spiro atoms. The molecule has 1 fully saturated rings. The average Bonchev–Trinajstić information content (AvgIpc) is 2.66. The minimum atomic E-state index is -0.227. The van der Waals surface area contributed by atoms with E-state index in [-0.39, 0.29) is 11.3 Å². The molecule has 0 saturated carbocycles. The van der Waals surface area contributed by atoms with Crippen molar-refractivity contribution >= 4 is 5.91 Å². The summed E-state index contributed by atoms with van der Waals surface area (Å²) in [5.41, 5.74) is -0.227. The van der Waals surface area contributed by atoms with Gasteiger partial charge in [-0.25, -0.2) is 0 Å². The third kappa shape index (κ3) is 3.52. The molecule has 15 heavy (non-hydrogen) atoms. The summed E-state index contributed by atoms with van der Waals surface area (Å²) in [6, 6.07) is 2.10. The lowest BCUT2D eigenvalue weighted by Crippen LogP contribution is -2.40. The van der Waals surface area contributed by atoms with E-state index in [4.69, 9.17) is 5.26 Å². The normalized spacial score (nSPS) is 24.8. The molecule has 1 unspecified atom stereocenters. The van der Waals surface area contributed by atoms with Crippen molar-refractivity contribution in [3.63, 3.8) is 0 Å². The van der Waals surface area contributed by atoms with Gasteiger partial charge in [-0.1, -0.05) is 0 Å². The van der Waals surface area contributed by atoms with E-state index in [0.717, 1.165) is 32.4 Å². The molecule has 1 aliphatic heterocycles. The van der Waals surface area contributed by atoms with E-state index in [2.05, 4.69) is 16.7 Å². The van der Waals surface area contributed by atoms with Crippen molar-refractivity contribution in [1.29, 1.82) is 5.26 Å². The van der Waals surface area contributed by atoms with Crippen LogP contribution in [0.2, 0.25) is 0 Å². The number of nitrogens with one attached hydrogen (secondary N) is 2. The van der Waals surface area contributed by atoms with E-state index in [9.17, 15) is 4.79 Å². The number of nitrogens with zero attached hydrogens (tertiary/aromatic N) is 1. The summed E-state index contributed by atoms with van der Waals surface area (Å²) in [4.78, 5) is 11.8. The maximum atomic E-state index is 11.8. The predicted octanol–water partition coefficient (Wildman–Crippen LogP) is 0.796. The van der Waals surface area contributed by atoms with E-state index in [1.54, 1.807) is 0 Å². The Morgan fingerprint density at radius 2 is 2.40 bits per heavy atom. The van der Waals surface area contributed by atoms with Crippen molar-refractivity contribution in [1.82, 2.24) is 10.6 Å². The zero-order valence-electron chi connectivity index (χ0n) is 9.31. The van der Waals surface area contributed by atoms with Gasteiger partial charge < -0.3 is 10.6 Å². The van der Waals surface area contributed by atoms with E-state index in [0.29, 0.717) is 13.0 Å². The number of hydrogen-bond acceptors (Lipinski definition) is 3. The first kappa shape index (κ1) is 12.0. The highest BCUT2D eigenvalue weighted by atomic mass is 16.2. The summed E-state index contributed by atoms with van der Waals surface area (Å²) >= 11 is 0. The second-order valence-corrected chi connectivity index (χ2v) is 4.36. The third-order valence-electron chi connectivity index (χ3n) is 2.92. The first-order valence-electron chi connectivity index (χ1n) is 5.55. The molecule has 2 N–H and O–H groups in total. The Morgan fingerprint density at radius 3 is 3.00 bits per heavy atom. The van der Waals surface area contributed by atoms with Gasteiger partial charge in [0.2, 0.25) is 5.91 Å². The van der Waals surface area contributed by atoms with Gasteiger partial charge in [0.25, 0.3) is 0 Å². The van der Waals surface area contributed by atoms with E-state index >= 15 is 0 Å². The maximum absolute atomic E-state index is 11.8. The largest absolute Gasteiger partial charge is 0.356 e. The smallest absolute Gasteiger partial charge is 0.227 e. The number of carbonyl (C=O) groups excluding carboxylic acids is 1. The van der Waals surface area contributed by atoms with Crippen LogP contribution in [0.25, 0.3) is 0 Å². The number of nitriles is 1. The van der Waals surface area contributed by atoms with E-state index in [1.165, 1.54) is 0 Å². The van der Waals surface area contributed by atoms with Gasteiger partial charge in [-0.3, -0.25) is 4.79 Å². The minimum Gasteiger partial charge on any atom is -0.356 e. The third-order valence-corrected chi connectivity index (χ3v) is 2.92. The first-order valence-corrected chi connectivity index (χ1v) is 5.55. The maximum Gasteiger partial charge on any atom is 0.227 e. The molecule has 0 aromatic carbocycles. The Bertz CT molecular complexity index is 251. The molecule has 4 heteroatoms. The molecular formula is C11H19N3O. The van der Waals surface area contributed by atoms with E-state index < -0.39 is 0 Å². The molecule has 1 heterocycles. The Kier molecular flexibility index (Phi) is 4.57. The first-order chi connectivity index (χ1) is 7.19. The highest BCUT2D eigenvalue weighted by Gasteiger charge is 2.35. The lowest BCUT2D eigenvalue weighted by Gasteiger charge is -2.21. The Balaban J connectivity index is 2.16. The van der Waals surface area contributed by atoms with Gasteiger partial charge in [-0.15, -0.1) is 0 Å². The van der Waals surface area contributed by atoms with Gasteiger partial charge in [-0.05, 0) is 32.7 Å². The van der Waals surface area contributed by atoms with Crippen LogP contribution in [-0.2, 0) is 4.79 Å². The monoisotopic (exact) mass is 209 g/mol. The fourth-order valence-corrected chi connectivity index (χ4v) is 1.76. The number of amides is 1. The van der Waals surface area contributed by atoms with Crippen LogP contribution < -0.4 is 10.6 Å². The molecule has 1 aliphatic rings. The van der Waals surface area contributed by atoms with Crippen LogP contribution in [0.15, 0.2) is 0 Å². The molecule has 0 aliphatic carbocycles. The summed E-state index contributed by atoms with van der Waals surface area (Å²) in [6.45, 7) is 4.39. The Morgan fingerprint density at radius 1 is 1.60 bits per heavy atom. The zero-order chi connectivity index (χ0) is 11.1. The SMILES string of the molecule is CC1(C(=O)NCCCCC#N)CCNC1. The highest BCUT2D eigenvalue weighted by molar-refractivity contribution is 5.82. The predicted molar refractivity (Wildman–Crippen MR) is 58.1 cm³/mol. The molecule has 84 valence electrons. The minimum absolute atomic E-state index is 0.143. The van der Waals surface area contributed by atoms with Crippen molar-refractivity contribution in [2.75, 3.05) is 19.6 Å². The summed E-state index contributed by atoms with van der Waals surface area (Å²) in [7, 11) is 0. The van der Waals surface area contributed by atoms with Gasteiger partial charge in [0.05, 0.1) is 11.5 Å². The van der Waals surface area contributed by atoms with Crippen molar-refractivity contribution in [3.8, 4) is 6.07 Å². The van der Waals surface area contributed by atoms with Crippen LogP contribution in [0.5, 0.6) is 0 Å². The highest BCUT2D eigenvalue weighted by Crippen LogP contribution is 2.24. The van der Waals surface area contributed by atoms with Gasteiger partial charge >= 0.3 is 0 Å². The van der Waals surface area contributed by atoms with Crippen LogP contribution in [0.4, 0.5) is 0 Å². The Labute approximate surface area is 91.0 Å². The molecule has 1 saturated heterocycles. The van der Waals surface area contributed by atoms with Crippen LogP contribution in [-0.4, -0.2) is 25.5 Å². The van der Waals surface area contributed by atoms with Gasteiger partial charge in [0.1, 0.15) is 0 Å². The lowest BCUT2D eigenvalue weighted by molar-refractivity contribution is -0.129. The van der Waals surface area contributed by atoms with Crippen molar-refractivity contribution < 1.29 is 4.79 Å². The van der Waals surface area contributed by atoms with Crippen LogP contribution >= 0.6 is 0 Å². The second-order valence-electron chi connectivity index (χ2n) is 4.36. The van der Waals surface area contributed by atoms with Crippen molar-refractivity contribution in [2.45, 2.75) is 32.6 Å². The molecular weight excluding hydrogens is 190 g/mol. The second kappa shape index (κ2) is 5.72. The molecule has 1 rings (SSSR count). The molecule has 0 aromatic heterocycles. The summed E-state index contributed by atoms with van der Waals surface area (Å²) in [6.07, 6.45) is 3.25. The molecule has 0 radical (unpaired) electrons. The van der Waals surface area contributed by atoms with Gasteiger partial charge in [0.15, 0.2) is 0 Å². The quantitative estimate of drug-likeness (QED) is 0.658. The van der Waals surface area contributed by atoms with Crippen LogP contribution in [0, 0.1) is 16.7 Å².